The molecule has 21 heavy (non-hydrogen) atoms. The van der Waals surface area contributed by atoms with Crippen molar-refractivity contribution < 1.29 is 18.6 Å². The minimum Gasteiger partial charge on any atom is -0.390 e. The van der Waals surface area contributed by atoms with Gasteiger partial charge >= 0.3 is 0 Å². The summed E-state index contributed by atoms with van der Waals surface area (Å²) in [5.41, 5.74) is 4.77. The van der Waals surface area contributed by atoms with Crippen LogP contribution in [-0.2, 0) is 4.74 Å². The molecule has 5 nitrogen and oxygen atoms in total. The lowest BCUT2D eigenvalue weighted by atomic mass is 9.91. The number of rotatable bonds is 4. The number of ether oxygens (including phenoxy) is 1. The molecular formula is C14H19F2N3O2. The fourth-order valence-corrected chi connectivity index (χ4v) is 2.16. The van der Waals surface area contributed by atoms with Gasteiger partial charge in [-0.3, -0.25) is 4.99 Å². The molecule has 4 N–H and O–H groups in total. The van der Waals surface area contributed by atoms with Gasteiger partial charge in [0, 0.05) is 25.8 Å². The second-order valence-electron chi connectivity index (χ2n) is 5.10. The van der Waals surface area contributed by atoms with Crippen LogP contribution < -0.4 is 11.1 Å². The van der Waals surface area contributed by atoms with E-state index in [-0.39, 0.29) is 11.6 Å². The Morgan fingerprint density at radius 2 is 2.10 bits per heavy atom. The molecule has 1 aromatic rings. The maximum atomic E-state index is 13.4. The number of guanidine groups is 1. The molecule has 0 spiro atoms. The summed E-state index contributed by atoms with van der Waals surface area (Å²) in [4.78, 5) is 4.02. The van der Waals surface area contributed by atoms with E-state index in [4.69, 9.17) is 10.5 Å². The smallest absolute Gasteiger partial charge is 0.193 e. The molecule has 0 radical (unpaired) electrons. The molecule has 0 atom stereocenters. The van der Waals surface area contributed by atoms with Crippen LogP contribution in [0.2, 0.25) is 0 Å². The maximum absolute atomic E-state index is 13.4. The number of hydrogen-bond donors (Lipinski definition) is 3. The number of anilines is 1. The number of nitrogens with zero attached hydrogens (tertiary/aromatic N) is 1. The Hall–Kier alpha value is -1.73. The quantitative estimate of drug-likeness (QED) is 0.583. The molecule has 0 aliphatic carbocycles. The Morgan fingerprint density at radius 3 is 2.81 bits per heavy atom. The van der Waals surface area contributed by atoms with Crippen LogP contribution in [-0.4, -0.2) is 36.4 Å². The van der Waals surface area contributed by atoms with Gasteiger partial charge in [0.1, 0.15) is 11.6 Å². The largest absolute Gasteiger partial charge is 0.390 e. The van der Waals surface area contributed by atoms with Crippen LogP contribution in [0.3, 0.4) is 0 Å². The van der Waals surface area contributed by atoms with Crippen molar-refractivity contribution >= 4 is 11.6 Å². The zero-order valence-electron chi connectivity index (χ0n) is 11.6. The summed E-state index contributed by atoms with van der Waals surface area (Å²) in [5.74, 6) is -1.20. The van der Waals surface area contributed by atoms with E-state index < -0.39 is 17.2 Å². The summed E-state index contributed by atoms with van der Waals surface area (Å²) >= 11 is 0. The van der Waals surface area contributed by atoms with Gasteiger partial charge in [0.2, 0.25) is 0 Å². The zero-order chi connectivity index (χ0) is 15.3. The summed E-state index contributed by atoms with van der Waals surface area (Å²) in [5, 5.41) is 12.7. The first-order valence-electron chi connectivity index (χ1n) is 6.81. The fraction of sp³-hybridized carbons (Fsp3) is 0.500. The highest BCUT2D eigenvalue weighted by Gasteiger charge is 2.28. The van der Waals surface area contributed by atoms with Crippen molar-refractivity contribution in [1.82, 2.24) is 0 Å². The average Bonchev–Trinajstić information content (AvgIpc) is 2.43. The molecule has 1 aliphatic heterocycles. The lowest BCUT2D eigenvalue weighted by molar-refractivity contribution is -0.0662. The molecule has 2 rings (SSSR count). The third-order valence-electron chi connectivity index (χ3n) is 3.47. The third kappa shape index (κ3) is 4.64. The molecule has 7 heteroatoms. The summed E-state index contributed by atoms with van der Waals surface area (Å²) < 4.78 is 31.6. The Kier molecular flexibility index (Phi) is 5.08. The van der Waals surface area contributed by atoms with Gasteiger partial charge in [-0.15, -0.1) is 0 Å². The standard InChI is InChI=1S/C14H19F2N3O2/c15-10-1-2-11(16)12(9-10)19-13(17)18-6-3-14(20)4-7-21-8-5-14/h1-2,9,20H,3-8H2,(H3,17,18,19). The van der Waals surface area contributed by atoms with Crippen LogP contribution in [0.1, 0.15) is 19.3 Å². The van der Waals surface area contributed by atoms with Crippen molar-refractivity contribution in [2.45, 2.75) is 24.9 Å². The Morgan fingerprint density at radius 1 is 1.38 bits per heavy atom. The summed E-state index contributed by atoms with van der Waals surface area (Å²) in [6.07, 6.45) is 1.58. The zero-order valence-corrected chi connectivity index (χ0v) is 11.6. The lowest BCUT2D eigenvalue weighted by Crippen LogP contribution is -2.37. The second-order valence-corrected chi connectivity index (χ2v) is 5.10. The molecule has 1 heterocycles. The van der Waals surface area contributed by atoms with Crippen molar-refractivity contribution in [1.29, 1.82) is 0 Å². The summed E-state index contributed by atoms with van der Waals surface area (Å²) in [6.45, 7) is 1.36. The number of nitrogens with one attached hydrogen (secondary N) is 1. The van der Waals surface area contributed by atoms with Gasteiger partial charge in [0.15, 0.2) is 5.96 Å². The van der Waals surface area contributed by atoms with Crippen LogP contribution in [0.4, 0.5) is 14.5 Å². The average molecular weight is 299 g/mol. The highest BCUT2D eigenvalue weighted by atomic mass is 19.1. The van der Waals surface area contributed by atoms with Gasteiger partial charge in [-0.1, -0.05) is 0 Å². The van der Waals surface area contributed by atoms with E-state index in [1.165, 1.54) is 0 Å². The normalized spacial score (nSPS) is 18.5. The number of hydrogen-bond acceptors (Lipinski definition) is 3. The number of benzene rings is 1. The van der Waals surface area contributed by atoms with E-state index in [0.29, 0.717) is 39.0 Å². The van der Waals surface area contributed by atoms with Gasteiger partial charge in [0.25, 0.3) is 0 Å². The van der Waals surface area contributed by atoms with Crippen LogP contribution in [0.25, 0.3) is 0 Å². The first-order chi connectivity index (χ1) is 9.98. The van der Waals surface area contributed by atoms with Gasteiger partial charge < -0.3 is 20.9 Å². The summed E-state index contributed by atoms with van der Waals surface area (Å²) in [7, 11) is 0. The highest BCUT2D eigenvalue weighted by molar-refractivity contribution is 5.92. The number of halogens is 2. The van der Waals surface area contributed by atoms with Crippen molar-refractivity contribution in [3.63, 3.8) is 0 Å². The van der Waals surface area contributed by atoms with Gasteiger partial charge in [-0.25, -0.2) is 8.78 Å². The van der Waals surface area contributed by atoms with Crippen LogP contribution >= 0.6 is 0 Å². The monoisotopic (exact) mass is 299 g/mol. The van der Waals surface area contributed by atoms with Gasteiger partial charge in [-0.2, -0.15) is 0 Å². The highest BCUT2D eigenvalue weighted by Crippen LogP contribution is 2.24. The third-order valence-corrected chi connectivity index (χ3v) is 3.47. The van der Waals surface area contributed by atoms with Crippen LogP contribution in [0.15, 0.2) is 23.2 Å². The van der Waals surface area contributed by atoms with Gasteiger partial charge in [-0.05, 0) is 31.4 Å². The Labute approximate surface area is 121 Å². The predicted molar refractivity (Wildman–Crippen MR) is 76.1 cm³/mol. The van der Waals surface area contributed by atoms with Crippen LogP contribution in [0, 0.1) is 11.6 Å². The second kappa shape index (κ2) is 6.82. The molecule has 0 unspecified atom stereocenters. The minimum absolute atomic E-state index is 0.0184. The first-order valence-corrected chi connectivity index (χ1v) is 6.81. The van der Waals surface area contributed by atoms with E-state index >= 15 is 0 Å². The lowest BCUT2D eigenvalue weighted by Gasteiger charge is -2.31. The van der Waals surface area contributed by atoms with Crippen molar-refractivity contribution in [2.24, 2.45) is 10.7 Å². The molecular weight excluding hydrogens is 280 g/mol. The van der Waals surface area contributed by atoms with E-state index in [1.54, 1.807) is 0 Å². The van der Waals surface area contributed by atoms with Gasteiger partial charge in [0.05, 0.1) is 11.3 Å². The number of nitrogens with two attached hydrogens (primary N) is 1. The molecule has 1 saturated heterocycles. The molecule has 1 aliphatic rings. The Bertz CT molecular complexity index is 517. The molecule has 1 fully saturated rings. The molecule has 0 bridgehead atoms. The molecule has 0 saturated carbocycles. The minimum atomic E-state index is -0.786. The Balaban J connectivity index is 1.88. The molecule has 116 valence electrons. The van der Waals surface area contributed by atoms with E-state index in [2.05, 4.69) is 10.3 Å². The first kappa shape index (κ1) is 15.7. The van der Waals surface area contributed by atoms with Crippen molar-refractivity contribution in [3.8, 4) is 0 Å². The predicted octanol–water partition coefficient (Wildman–Crippen LogP) is 1.62. The SMILES string of the molecule is NC(=NCCC1(O)CCOCC1)Nc1cc(F)ccc1F. The number of aliphatic hydroxyl groups is 1. The summed E-state index contributed by atoms with van der Waals surface area (Å²) in [6, 6.07) is 3.04. The molecule has 1 aromatic carbocycles. The number of aliphatic imine (C=N–C) groups is 1. The molecule has 0 aromatic heterocycles. The van der Waals surface area contributed by atoms with E-state index in [0.717, 1.165) is 18.2 Å². The maximum Gasteiger partial charge on any atom is 0.193 e. The fourth-order valence-electron chi connectivity index (χ4n) is 2.16. The van der Waals surface area contributed by atoms with E-state index in [1.807, 2.05) is 0 Å². The van der Waals surface area contributed by atoms with Crippen molar-refractivity contribution in [2.75, 3.05) is 25.1 Å². The topological polar surface area (TPSA) is 79.9 Å². The van der Waals surface area contributed by atoms with E-state index in [9.17, 15) is 13.9 Å². The van der Waals surface area contributed by atoms with Crippen molar-refractivity contribution in [3.05, 3.63) is 29.8 Å². The molecule has 0 amide bonds. The van der Waals surface area contributed by atoms with Crippen LogP contribution in [0.5, 0.6) is 0 Å².